The highest BCUT2D eigenvalue weighted by molar-refractivity contribution is 9.10. The molecule has 0 atom stereocenters. The average molecular weight is 291 g/mol. The maximum atomic E-state index is 5.26. The lowest BCUT2D eigenvalue weighted by molar-refractivity contribution is 0.414. The molecule has 17 heavy (non-hydrogen) atoms. The summed E-state index contributed by atoms with van der Waals surface area (Å²) in [7, 11) is 1.64. The van der Waals surface area contributed by atoms with Crippen molar-refractivity contribution in [2.45, 2.75) is 0 Å². The molecule has 0 aliphatic carbocycles. The van der Waals surface area contributed by atoms with Gasteiger partial charge in [-0.3, -0.25) is 0 Å². The Hall–Kier alpha value is -1.68. The molecule has 1 aromatic heterocycles. The number of hydrogen-bond donors (Lipinski definition) is 0. The molecule has 0 bridgehead atoms. The molecule has 0 N–H and O–H groups in total. The summed E-state index contributed by atoms with van der Waals surface area (Å²) >= 11 is 3.42. The van der Waals surface area contributed by atoms with E-state index in [1.54, 1.807) is 19.5 Å². The van der Waals surface area contributed by atoms with Gasteiger partial charge in [0.05, 0.1) is 7.11 Å². The van der Waals surface area contributed by atoms with Gasteiger partial charge in [-0.2, -0.15) is 0 Å². The highest BCUT2D eigenvalue weighted by Gasteiger charge is 2.00. The van der Waals surface area contributed by atoms with Crippen LogP contribution in [-0.2, 0) is 0 Å². The van der Waals surface area contributed by atoms with Gasteiger partial charge in [0.2, 0.25) is 0 Å². The van der Waals surface area contributed by atoms with E-state index >= 15 is 0 Å². The summed E-state index contributed by atoms with van der Waals surface area (Å²) in [6.07, 6.45) is 3.46. The molecule has 0 aliphatic heterocycles. The molecule has 0 unspecified atom stereocenters. The zero-order valence-corrected chi connectivity index (χ0v) is 10.9. The Morgan fingerprint density at radius 3 is 2.88 bits per heavy atom. The topological polar surface area (TPSA) is 34.5 Å². The van der Waals surface area contributed by atoms with Gasteiger partial charge in [-0.05, 0) is 30.3 Å². The van der Waals surface area contributed by atoms with E-state index in [9.17, 15) is 0 Å². The van der Waals surface area contributed by atoms with Crippen LogP contribution in [0.1, 0.15) is 5.56 Å². The molecule has 4 heteroatoms. The molecule has 0 fully saturated rings. The maximum Gasteiger partial charge on any atom is 0.151 e. The minimum absolute atomic E-state index is 0.675. The molecule has 0 radical (unpaired) electrons. The number of ether oxygens (including phenoxy) is 1. The molecule has 2 aromatic rings. The van der Waals surface area contributed by atoms with Crippen LogP contribution in [0.15, 0.2) is 52.1 Å². The number of nitrogens with zero attached hydrogens (tertiary/aromatic N) is 2. The van der Waals surface area contributed by atoms with E-state index in [4.69, 9.17) is 4.74 Å². The van der Waals surface area contributed by atoms with Crippen molar-refractivity contribution in [1.82, 2.24) is 4.98 Å². The van der Waals surface area contributed by atoms with E-state index in [0.29, 0.717) is 5.82 Å². The zero-order chi connectivity index (χ0) is 12.1. The third-order valence-electron chi connectivity index (χ3n) is 2.18. The number of halogens is 1. The standard InChI is InChI=1S/C13H11BrN2O/c1-17-12-6-5-11(14)8-10(12)9-16-13-4-2-3-7-15-13/h2-9H,1H3. The van der Waals surface area contributed by atoms with Crippen LogP contribution in [0.5, 0.6) is 5.75 Å². The van der Waals surface area contributed by atoms with E-state index in [1.807, 2.05) is 36.4 Å². The van der Waals surface area contributed by atoms with Gasteiger partial charge in [0.25, 0.3) is 0 Å². The highest BCUT2D eigenvalue weighted by Crippen LogP contribution is 2.21. The molecule has 3 nitrogen and oxygen atoms in total. The Morgan fingerprint density at radius 1 is 1.29 bits per heavy atom. The predicted molar refractivity (Wildman–Crippen MR) is 72.2 cm³/mol. The Morgan fingerprint density at radius 2 is 2.18 bits per heavy atom. The molecule has 2 rings (SSSR count). The van der Waals surface area contributed by atoms with Gasteiger partial charge in [0.15, 0.2) is 5.82 Å². The summed E-state index contributed by atoms with van der Waals surface area (Å²) < 4.78 is 6.24. The van der Waals surface area contributed by atoms with Crippen LogP contribution >= 0.6 is 15.9 Å². The average Bonchev–Trinajstić information content (AvgIpc) is 2.38. The fourth-order valence-corrected chi connectivity index (χ4v) is 1.75. The number of hydrogen-bond acceptors (Lipinski definition) is 3. The Balaban J connectivity index is 2.29. The van der Waals surface area contributed by atoms with Crippen molar-refractivity contribution < 1.29 is 4.74 Å². The molecule has 86 valence electrons. The smallest absolute Gasteiger partial charge is 0.151 e. The third-order valence-corrected chi connectivity index (χ3v) is 2.67. The van der Waals surface area contributed by atoms with E-state index in [2.05, 4.69) is 25.9 Å². The second-order valence-electron chi connectivity index (χ2n) is 3.33. The van der Waals surface area contributed by atoms with Crippen LogP contribution in [0.25, 0.3) is 0 Å². The van der Waals surface area contributed by atoms with Crippen molar-refractivity contribution in [2.75, 3.05) is 7.11 Å². The molecule has 0 saturated heterocycles. The first kappa shape index (κ1) is 11.8. The number of aliphatic imine (C=N–C) groups is 1. The SMILES string of the molecule is COc1ccc(Br)cc1C=Nc1ccccn1. The fourth-order valence-electron chi connectivity index (χ4n) is 1.37. The van der Waals surface area contributed by atoms with Gasteiger partial charge >= 0.3 is 0 Å². The summed E-state index contributed by atoms with van der Waals surface area (Å²) in [6.45, 7) is 0. The third kappa shape index (κ3) is 3.14. The van der Waals surface area contributed by atoms with Gasteiger partial charge < -0.3 is 4.74 Å². The van der Waals surface area contributed by atoms with Crippen molar-refractivity contribution in [1.29, 1.82) is 0 Å². The highest BCUT2D eigenvalue weighted by atomic mass is 79.9. The minimum Gasteiger partial charge on any atom is -0.496 e. The molecule has 0 saturated carbocycles. The number of rotatable bonds is 3. The summed E-state index contributed by atoms with van der Waals surface area (Å²) in [4.78, 5) is 8.41. The largest absolute Gasteiger partial charge is 0.496 e. The van der Waals surface area contributed by atoms with Crippen molar-refractivity contribution in [3.63, 3.8) is 0 Å². The lowest BCUT2D eigenvalue weighted by Gasteiger charge is -2.04. The molecular formula is C13H11BrN2O. The van der Waals surface area contributed by atoms with Crippen LogP contribution in [0.3, 0.4) is 0 Å². The predicted octanol–water partition coefficient (Wildman–Crippen LogP) is 3.60. The minimum atomic E-state index is 0.675. The van der Waals surface area contributed by atoms with Crippen molar-refractivity contribution in [3.05, 3.63) is 52.6 Å². The Kier molecular flexibility index (Phi) is 3.88. The molecule has 1 aromatic carbocycles. The molecule has 1 heterocycles. The summed E-state index contributed by atoms with van der Waals surface area (Å²) in [6, 6.07) is 11.4. The van der Waals surface area contributed by atoms with Gasteiger partial charge in [-0.1, -0.05) is 22.0 Å². The van der Waals surface area contributed by atoms with Gasteiger partial charge in [0, 0.05) is 22.4 Å². The monoisotopic (exact) mass is 290 g/mol. The van der Waals surface area contributed by atoms with Crippen LogP contribution in [0.4, 0.5) is 5.82 Å². The lowest BCUT2D eigenvalue weighted by Crippen LogP contribution is -1.90. The van der Waals surface area contributed by atoms with Gasteiger partial charge in [0.1, 0.15) is 5.75 Å². The van der Waals surface area contributed by atoms with Crippen molar-refractivity contribution >= 4 is 28.0 Å². The second kappa shape index (κ2) is 5.59. The Labute approximate surface area is 108 Å². The zero-order valence-electron chi connectivity index (χ0n) is 9.30. The van der Waals surface area contributed by atoms with E-state index in [0.717, 1.165) is 15.8 Å². The molecule has 0 amide bonds. The van der Waals surface area contributed by atoms with E-state index < -0.39 is 0 Å². The first-order valence-electron chi connectivity index (χ1n) is 5.08. The summed E-state index contributed by atoms with van der Waals surface area (Å²) in [5.74, 6) is 1.46. The van der Waals surface area contributed by atoms with E-state index in [1.165, 1.54) is 0 Å². The van der Waals surface area contributed by atoms with Gasteiger partial charge in [-0.15, -0.1) is 0 Å². The van der Waals surface area contributed by atoms with Crippen LogP contribution < -0.4 is 4.74 Å². The molecule has 0 aliphatic rings. The number of aromatic nitrogens is 1. The number of benzene rings is 1. The van der Waals surface area contributed by atoms with Crippen molar-refractivity contribution in [2.24, 2.45) is 4.99 Å². The maximum absolute atomic E-state index is 5.26. The normalized spacial score (nSPS) is 10.7. The van der Waals surface area contributed by atoms with Crippen molar-refractivity contribution in [3.8, 4) is 5.75 Å². The molecule has 0 spiro atoms. The first-order chi connectivity index (χ1) is 8.29. The second-order valence-corrected chi connectivity index (χ2v) is 4.25. The number of methoxy groups -OCH3 is 1. The summed E-state index contributed by atoms with van der Waals surface area (Å²) in [5, 5.41) is 0. The van der Waals surface area contributed by atoms with Crippen LogP contribution in [0.2, 0.25) is 0 Å². The van der Waals surface area contributed by atoms with Crippen LogP contribution in [-0.4, -0.2) is 18.3 Å². The lowest BCUT2D eigenvalue weighted by atomic mass is 10.2. The first-order valence-corrected chi connectivity index (χ1v) is 5.87. The number of pyridine rings is 1. The van der Waals surface area contributed by atoms with Gasteiger partial charge in [-0.25, -0.2) is 9.98 Å². The summed E-state index contributed by atoms with van der Waals surface area (Å²) in [5.41, 5.74) is 0.910. The fraction of sp³-hybridized carbons (Fsp3) is 0.0769. The molecular weight excluding hydrogens is 280 g/mol. The van der Waals surface area contributed by atoms with Crippen LogP contribution in [0, 0.1) is 0 Å². The quantitative estimate of drug-likeness (QED) is 0.810. The van der Waals surface area contributed by atoms with E-state index in [-0.39, 0.29) is 0 Å². The Bertz CT molecular complexity index is 526.